The summed E-state index contributed by atoms with van der Waals surface area (Å²) in [4.78, 5) is 15.1. The molecule has 1 N–H and O–H groups in total. The molecule has 3 aromatic rings. The van der Waals surface area contributed by atoms with Gasteiger partial charge in [0.1, 0.15) is 5.75 Å². The minimum Gasteiger partial charge on any atom is -0.497 e. The summed E-state index contributed by atoms with van der Waals surface area (Å²) in [7, 11) is 5.67. The van der Waals surface area contributed by atoms with Crippen molar-refractivity contribution in [2.75, 3.05) is 27.7 Å². The molecule has 0 saturated heterocycles. The highest BCUT2D eigenvalue weighted by molar-refractivity contribution is 5.96. The summed E-state index contributed by atoms with van der Waals surface area (Å²) in [5.74, 6) is 0.724. The van der Waals surface area contributed by atoms with Gasteiger partial charge in [0.2, 0.25) is 0 Å². The van der Waals surface area contributed by atoms with Gasteiger partial charge >= 0.3 is 0 Å². The number of aryl methyl sites for hydroxylation is 1. The number of methoxy groups -OCH3 is 1. The monoisotopic (exact) mass is 406 g/mol. The largest absolute Gasteiger partial charge is 0.497 e. The van der Waals surface area contributed by atoms with Crippen molar-refractivity contribution < 1.29 is 9.53 Å². The number of nitrogens with one attached hydrogen (secondary N) is 1. The summed E-state index contributed by atoms with van der Waals surface area (Å²) in [6.07, 6.45) is 0. The maximum absolute atomic E-state index is 13.0. The van der Waals surface area contributed by atoms with Crippen LogP contribution in [0.2, 0.25) is 0 Å². The summed E-state index contributed by atoms with van der Waals surface area (Å²) < 4.78 is 7.14. The minimum atomic E-state index is -0.0929. The fraction of sp³-hybridized carbons (Fsp3) is 0.333. The Bertz CT molecular complexity index is 978. The Balaban J connectivity index is 1.73. The van der Waals surface area contributed by atoms with Gasteiger partial charge in [-0.3, -0.25) is 9.48 Å². The molecule has 0 spiro atoms. The molecule has 6 heteroatoms. The molecule has 1 atom stereocenters. The molecule has 30 heavy (non-hydrogen) atoms. The fourth-order valence-corrected chi connectivity index (χ4v) is 3.64. The predicted octanol–water partition coefficient (Wildman–Crippen LogP) is 3.59. The molecular formula is C24H30N4O2. The van der Waals surface area contributed by atoms with E-state index in [1.807, 2.05) is 75.1 Å². The molecule has 1 amide bonds. The van der Waals surface area contributed by atoms with Crippen LogP contribution in [0.25, 0.3) is 0 Å². The molecule has 0 bridgehead atoms. The molecule has 3 rings (SSSR count). The van der Waals surface area contributed by atoms with E-state index < -0.39 is 0 Å². The first-order chi connectivity index (χ1) is 14.4. The van der Waals surface area contributed by atoms with Gasteiger partial charge in [-0.2, -0.15) is 5.10 Å². The lowest BCUT2D eigenvalue weighted by atomic mass is 10.1. The van der Waals surface area contributed by atoms with Crippen molar-refractivity contribution in [2.24, 2.45) is 0 Å². The number of hydrogen-bond acceptors (Lipinski definition) is 4. The number of hydrogen-bond donors (Lipinski definition) is 1. The molecule has 1 heterocycles. The van der Waals surface area contributed by atoms with Crippen LogP contribution >= 0.6 is 0 Å². The standard InChI is InChI=1S/C24H30N4O2/c1-17-23(18(2)28(26-17)16-19-9-7-6-8-10-19)24(29)25-15-22(27(3)4)20-11-13-21(30-5)14-12-20/h6-14,22H,15-16H2,1-5H3,(H,25,29). The zero-order valence-electron chi connectivity index (χ0n) is 18.3. The van der Waals surface area contributed by atoms with Crippen molar-refractivity contribution in [3.8, 4) is 5.75 Å². The zero-order chi connectivity index (χ0) is 21.7. The van der Waals surface area contributed by atoms with Crippen LogP contribution in [0.3, 0.4) is 0 Å². The van der Waals surface area contributed by atoms with Gasteiger partial charge in [-0.15, -0.1) is 0 Å². The normalized spacial score (nSPS) is 12.1. The van der Waals surface area contributed by atoms with E-state index in [0.717, 1.165) is 28.3 Å². The first-order valence-electron chi connectivity index (χ1n) is 10.1. The molecule has 158 valence electrons. The van der Waals surface area contributed by atoms with E-state index in [0.29, 0.717) is 18.7 Å². The topological polar surface area (TPSA) is 59.4 Å². The molecule has 0 saturated carbocycles. The fourth-order valence-electron chi connectivity index (χ4n) is 3.64. The third-order valence-electron chi connectivity index (χ3n) is 5.36. The van der Waals surface area contributed by atoms with E-state index in [9.17, 15) is 4.79 Å². The average Bonchev–Trinajstić information content (AvgIpc) is 3.02. The van der Waals surface area contributed by atoms with Gasteiger partial charge in [0.25, 0.3) is 5.91 Å². The Morgan fingerprint density at radius 1 is 1.10 bits per heavy atom. The van der Waals surface area contributed by atoms with Gasteiger partial charge in [-0.25, -0.2) is 0 Å². The molecule has 1 unspecified atom stereocenters. The number of aromatic nitrogens is 2. The first-order valence-corrected chi connectivity index (χ1v) is 10.1. The number of rotatable bonds is 8. The highest BCUT2D eigenvalue weighted by Gasteiger charge is 2.21. The lowest BCUT2D eigenvalue weighted by Crippen LogP contribution is -2.35. The number of benzene rings is 2. The predicted molar refractivity (Wildman–Crippen MR) is 119 cm³/mol. The minimum absolute atomic E-state index is 0.0554. The van der Waals surface area contributed by atoms with Crippen molar-refractivity contribution in [3.05, 3.63) is 82.7 Å². The molecule has 0 aliphatic heterocycles. The van der Waals surface area contributed by atoms with Crippen molar-refractivity contribution in [2.45, 2.75) is 26.4 Å². The average molecular weight is 407 g/mol. The van der Waals surface area contributed by atoms with Gasteiger partial charge in [0.05, 0.1) is 31.0 Å². The van der Waals surface area contributed by atoms with E-state index in [-0.39, 0.29) is 11.9 Å². The Morgan fingerprint density at radius 3 is 2.37 bits per heavy atom. The second-order valence-electron chi connectivity index (χ2n) is 7.65. The summed E-state index contributed by atoms with van der Waals surface area (Å²) >= 11 is 0. The second kappa shape index (κ2) is 9.59. The van der Waals surface area contributed by atoms with E-state index in [1.54, 1.807) is 7.11 Å². The highest BCUT2D eigenvalue weighted by atomic mass is 16.5. The molecule has 6 nitrogen and oxygen atoms in total. The van der Waals surface area contributed by atoms with Crippen LogP contribution in [0.4, 0.5) is 0 Å². The van der Waals surface area contributed by atoms with Crippen LogP contribution in [-0.4, -0.2) is 48.3 Å². The summed E-state index contributed by atoms with van der Waals surface area (Å²) in [6, 6.07) is 18.1. The van der Waals surface area contributed by atoms with E-state index in [1.165, 1.54) is 0 Å². The van der Waals surface area contributed by atoms with Crippen LogP contribution < -0.4 is 10.1 Å². The first kappa shape index (κ1) is 21.6. The van der Waals surface area contributed by atoms with Crippen LogP contribution in [0, 0.1) is 13.8 Å². The van der Waals surface area contributed by atoms with Crippen LogP contribution in [0.5, 0.6) is 5.75 Å². The Labute approximate surface area is 178 Å². The third-order valence-corrected chi connectivity index (χ3v) is 5.36. The van der Waals surface area contributed by atoms with Crippen LogP contribution in [0.15, 0.2) is 54.6 Å². The number of amides is 1. The Hall–Kier alpha value is -3.12. The Morgan fingerprint density at radius 2 is 1.77 bits per heavy atom. The summed E-state index contributed by atoms with van der Waals surface area (Å²) in [5, 5.41) is 7.70. The van der Waals surface area contributed by atoms with E-state index in [4.69, 9.17) is 4.74 Å². The zero-order valence-corrected chi connectivity index (χ0v) is 18.3. The lowest BCUT2D eigenvalue weighted by Gasteiger charge is -2.25. The van der Waals surface area contributed by atoms with Gasteiger partial charge < -0.3 is 15.0 Å². The van der Waals surface area contributed by atoms with E-state index >= 15 is 0 Å². The molecule has 1 aromatic heterocycles. The summed E-state index contributed by atoms with van der Waals surface area (Å²) in [6.45, 7) is 4.98. The quantitative estimate of drug-likeness (QED) is 0.621. The number of ether oxygens (including phenoxy) is 1. The SMILES string of the molecule is COc1ccc(C(CNC(=O)c2c(C)nn(Cc3ccccc3)c2C)N(C)C)cc1. The lowest BCUT2D eigenvalue weighted by molar-refractivity contribution is 0.0940. The van der Waals surface area contributed by atoms with Crippen molar-refractivity contribution in [3.63, 3.8) is 0 Å². The van der Waals surface area contributed by atoms with Crippen molar-refractivity contribution in [1.29, 1.82) is 0 Å². The van der Waals surface area contributed by atoms with E-state index in [2.05, 4.69) is 27.4 Å². The summed E-state index contributed by atoms with van der Waals surface area (Å²) in [5.41, 5.74) is 4.54. The molecule has 2 aromatic carbocycles. The van der Waals surface area contributed by atoms with Crippen LogP contribution in [0.1, 0.15) is 38.9 Å². The van der Waals surface area contributed by atoms with Gasteiger partial charge in [0, 0.05) is 12.2 Å². The van der Waals surface area contributed by atoms with Gasteiger partial charge in [-0.05, 0) is 51.2 Å². The molecule has 0 radical (unpaired) electrons. The number of likely N-dealkylation sites (N-methyl/N-ethyl adjacent to an activating group) is 1. The van der Waals surface area contributed by atoms with Crippen molar-refractivity contribution >= 4 is 5.91 Å². The molecular weight excluding hydrogens is 376 g/mol. The maximum Gasteiger partial charge on any atom is 0.255 e. The number of nitrogens with zero attached hydrogens (tertiary/aromatic N) is 3. The highest BCUT2D eigenvalue weighted by Crippen LogP contribution is 2.21. The maximum atomic E-state index is 13.0. The molecule has 0 aliphatic carbocycles. The molecule has 0 aliphatic rings. The van der Waals surface area contributed by atoms with Crippen molar-refractivity contribution in [1.82, 2.24) is 20.0 Å². The van der Waals surface area contributed by atoms with Crippen LogP contribution in [-0.2, 0) is 6.54 Å². The van der Waals surface area contributed by atoms with Gasteiger partial charge in [-0.1, -0.05) is 42.5 Å². The molecule has 0 fully saturated rings. The van der Waals surface area contributed by atoms with Gasteiger partial charge in [0.15, 0.2) is 0 Å². The second-order valence-corrected chi connectivity index (χ2v) is 7.65. The third kappa shape index (κ3) is 4.89. The number of carbonyl (C=O) groups excluding carboxylic acids is 1. The smallest absolute Gasteiger partial charge is 0.255 e. The Kier molecular flexibility index (Phi) is 6.90. The number of carbonyl (C=O) groups is 1.